The molecule has 26 heavy (non-hydrogen) atoms. The first kappa shape index (κ1) is 17.7. The SMILES string of the molecule is COc1cccc(C(=O)Nc2cc(NC(=O)c3cccs3)ccc2C)c1. The van der Waals surface area contributed by atoms with E-state index in [1.165, 1.54) is 11.3 Å². The molecule has 1 aromatic heterocycles. The molecule has 6 heteroatoms. The van der Waals surface area contributed by atoms with E-state index < -0.39 is 0 Å². The van der Waals surface area contributed by atoms with Crippen molar-refractivity contribution in [2.45, 2.75) is 6.92 Å². The molecular formula is C20H18N2O3S. The van der Waals surface area contributed by atoms with E-state index in [4.69, 9.17) is 4.74 Å². The first-order valence-corrected chi connectivity index (χ1v) is 8.85. The number of carbonyl (C=O) groups excluding carboxylic acids is 2. The van der Waals surface area contributed by atoms with E-state index in [0.717, 1.165) is 5.56 Å². The molecule has 0 spiro atoms. The van der Waals surface area contributed by atoms with E-state index in [9.17, 15) is 9.59 Å². The zero-order valence-electron chi connectivity index (χ0n) is 14.4. The van der Waals surface area contributed by atoms with Crippen LogP contribution >= 0.6 is 11.3 Å². The first-order chi connectivity index (χ1) is 12.6. The zero-order valence-corrected chi connectivity index (χ0v) is 15.2. The molecule has 0 bridgehead atoms. The van der Waals surface area contributed by atoms with Crippen molar-refractivity contribution in [2.75, 3.05) is 17.7 Å². The molecule has 0 atom stereocenters. The van der Waals surface area contributed by atoms with E-state index in [2.05, 4.69) is 10.6 Å². The monoisotopic (exact) mass is 366 g/mol. The summed E-state index contributed by atoms with van der Waals surface area (Å²) in [6.07, 6.45) is 0. The van der Waals surface area contributed by atoms with Gasteiger partial charge in [0.2, 0.25) is 0 Å². The number of thiophene rings is 1. The molecule has 0 fully saturated rings. The average molecular weight is 366 g/mol. The summed E-state index contributed by atoms with van der Waals surface area (Å²) in [6.45, 7) is 1.89. The highest BCUT2D eigenvalue weighted by Gasteiger charge is 2.11. The number of anilines is 2. The van der Waals surface area contributed by atoms with Gasteiger partial charge in [0.1, 0.15) is 5.75 Å². The lowest BCUT2D eigenvalue weighted by Crippen LogP contribution is -2.14. The summed E-state index contributed by atoms with van der Waals surface area (Å²) in [6, 6.07) is 15.9. The van der Waals surface area contributed by atoms with Crippen LogP contribution in [0.25, 0.3) is 0 Å². The fraction of sp³-hybridized carbons (Fsp3) is 0.100. The molecule has 0 saturated heterocycles. The number of hydrogen-bond acceptors (Lipinski definition) is 4. The second-order valence-corrected chi connectivity index (χ2v) is 6.59. The van der Waals surface area contributed by atoms with Gasteiger partial charge in [-0.2, -0.15) is 0 Å². The molecule has 0 saturated carbocycles. The molecule has 0 unspecified atom stereocenters. The van der Waals surface area contributed by atoms with Crippen LogP contribution in [0.1, 0.15) is 25.6 Å². The van der Waals surface area contributed by atoms with Crippen LogP contribution in [0.3, 0.4) is 0 Å². The molecule has 2 N–H and O–H groups in total. The summed E-state index contributed by atoms with van der Waals surface area (Å²) < 4.78 is 5.15. The summed E-state index contributed by atoms with van der Waals surface area (Å²) in [4.78, 5) is 25.3. The number of methoxy groups -OCH3 is 1. The van der Waals surface area contributed by atoms with Crippen molar-refractivity contribution in [2.24, 2.45) is 0 Å². The van der Waals surface area contributed by atoms with Gasteiger partial charge in [0.05, 0.1) is 12.0 Å². The Labute approximate surface area is 155 Å². The van der Waals surface area contributed by atoms with E-state index in [-0.39, 0.29) is 11.8 Å². The van der Waals surface area contributed by atoms with Crippen LogP contribution in [-0.4, -0.2) is 18.9 Å². The van der Waals surface area contributed by atoms with Crippen LogP contribution in [0, 0.1) is 6.92 Å². The highest BCUT2D eigenvalue weighted by molar-refractivity contribution is 7.12. The Kier molecular flexibility index (Phi) is 5.34. The maximum Gasteiger partial charge on any atom is 0.265 e. The number of carbonyl (C=O) groups is 2. The number of hydrogen-bond donors (Lipinski definition) is 2. The van der Waals surface area contributed by atoms with Gasteiger partial charge in [-0.05, 0) is 54.3 Å². The summed E-state index contributed by atoms with van der Waals surface area (Å²) in [5.74, 6) is 0.203. The molecule has 3 aromatic rings. The second-order valence-electron chi connectivity index (χ2n) is 5.65. The molecule has 0 aliphatic carbocycles. The molecule has 2 amide bonds. The standard InChI is InChI=1S/C20H18N2O3S/c1-13-8-9-15(21-20(24)18-7-4-10-26-18)12-17(13)22-19(23)14-5-3-6-16(11-14)25-2/h3-12H,1-2H3,(H,21,24)(H,22,23). The highest BCUT2D eigenvalue weighted by Crippen LogP contribution is 2.23. The molecule has 1 heterocycles. The number of benzene rings is 2. The van der Waals surface area contributed by atoms with Crippen molar-refractivity contribution in [3.63, 3.8) is 0 Å². The maximum absolute atomic E-state index is 12.5. The van der Waals surface area contributed by atoms with Gasteiger partial charge < -0.3 is 15.4 Å². The topological polar surface area (TPSA) is 67.4 Å². The van der Waals surface area contributed by atoms with Gasteiger partial charge in [0, 0.05) is 16.9 Å². The molecule has 0 aliphatic heterocycles. The lowest BCUT2D eigenvalue weighted by atomic mass is 10.1. The largest absolute Gasteiger partial charge is 0.497 e. The fourth-order valence-corrected chi connectivity index (χ4v) is 3.01. The van der Waals surface area contributed by atoms with Crippen molar-refractivity contribution in [1.29, 1.82) is 0 Å². The third-order valence-electron chi connectivity index (χ3n) is 3.82. The lowest BCUT2D eigenvalue weighted by Gasteiger charge is -2.12. The van der Waals surface area contributed by atoms with E-state index >= 15 is 0 Å². The van der Waals surface area contributed by atoms with Crippen molar-refractivity contribution >= 4 is 34.5 Å². The molecule has 132 valence electrons. The summed E-state index contributed by atoms with van der Waals surface area (Å²) in [7, 11) is 1.56. The second kappa shape index (κ2) is 7.84. The Morgan fingerprint density at radius 3 is 2.54 bits per heavy atom. The minimum atomic E-state index is -0.242. The summed E-state index contributed by atoms with van der Waals surface area (Å²) >= 11 is 1.38. The van der Waals surface area contributed by atoms with Crippen molar-refractivity contribution in [3.8, 4) is 5.75 Å². The van der Waals surface area contributed by atoms with E-state index in [1.54, 1.807) is 43.5 Å². The van der Waals surface area contributed by atoms with Crippen molar-refractivity contribution in [3.05, 3.63) is 76.0 Å². The minimum Gasteiger partial charge on any atom is -0.497 e. The average Bonchev–Trinajstić information content (AvgIpc) is 3.19. The molecule has 0 aliphatic rings. The predicted molar refractivity (Wildman–Crippen MR) is 104 cm³/mol. The number of ether oxygens (including phenoxy) is 1. The Morgan fingerprint density at radius 1 is 0.962 bits per heavy atom. The number of aryl methyl sites for hydroxylation is 1. The zero-order chi connectivity index (χ0) is 18.5. The molecular weight excluding hydrogens is 348 g/mol. The van der Waals surface area contributed by atoms with Crippen LogP contribution in [0.5, 0.6) is 5.75 Å². The Morgan fingerprint density at radius 2 is 1.81 bits per heavy atom. The van der Waals surface area contributed by atoms with Gasteiger partial charge in [-0.25, -0.2) is 0 Å². The molecule has 0 radical (unpaired) electrons. The van der Waals surface area contributed by atoms with Crippen LogP contribution in [0.15, 0.2) is 60.0 Å². The third kappa shape index (κ3) is 4.10. The van der Waals surface area contributed by atoms with Crippen molar-refractivity contribution in [1.82, 2.24) is 0 Å². The van der Waals surface area contributed by atoms with Crippen LogP contribution in [0.4, 0.5) is 11.4 Å². The van der Waals surface area contributed by atoms with Crippen LogP contribution in [0.2, 0.25) is 0 Å². The Bertz CT molecular complexity index is 936. The van der Waals surface area contributed by atoms with E-state index in [1.807, 2.05) is 30.5 Å². The Hall–Kier alpha value is -3.12. The normalized spacial score (nSPS) is 10.2. The Balaban J connectivity index is 1.77. The number of amides is 2. The maximum atomic E-state index is 12.5. The van der Waals surface area contributed by atoms with Gasteiger partial charge in [-0.1, -0.05) is 18.2 Å². The summed E-state index contributed by atoms with van der Waals surface area (Å²) in [5, 5.41) is 7.58. The quantitative estimate of drug-likeness (QED) is 0.695. The lowest BCUT2D eigenvalue weighted by molar-refractivity contribution is 0.102. The van der Waals surface area contributed by atoms with Crippen molar-refractivity contribution < 1.29 is 14.3 Å². The van der Waals surface area contributed by atoms with Gasteiger partial charge in [0.25, 0.3) is 11.8 Å². The van der Waals surface area contributed by atoms with E-state index in [0.29, 0.717) is 27.6 Å². The van der Waals surface area contributed by atoms with Crippen LogP contribution in [-0.2, 0) is 0 Å². The number of rotatable bonds is 5. The molecule has 2 aromatic carbocycles. The fourth-order valence-electron chi connectivity index (χ4n) is 2.39. The predicted octanol–water partition coefficient (Wildman–Crippen LogP) is 4.57. The smallest absolute Gasteiger partial charge is 0.265 e. The number of nitrogens with one attached hydrogen (secondary N) is 2. The molecule has 3 rings (SSSR count). The van der Waals surface area contributed by atoms with Gasteiger partial charge in [0.15, 0.2) is 0 Å². The van der Waals surface area contributed by atoms with Gasteiger partial charge >= 0.3 is 0 Å². The summed E-state index contributed by atoms with van der Waals surface area (Å²) in [5.41, 5.74) is 2.66. The van der Waals surface area contributed by atoms with Crippen LogP contribution < -0.4 is 15.4 Å². The van der Waals surface area contributed by atoms with Gasteiger partial charge in [-0.15, -0.1) is 11.3 Å². The van der Waals surface area contributed by atoms with Gasteiger partial charge in [-0.3, -0.25) is 9.59 Å². The third-order valence-corrected chi connectivity index (χ3v) is 4.69. The molecule has 5 nitrogen and oxygen atoms in total. The minimum absolute atomic E-state index is 0.172. The highest BCUT2D eigenvalue weighted by atomic mass is 32.1. The first-order valence-electron chi connectivity index (χ1n) is 7.98.